The summed E-state index contributed by atoms with van der Waals surface area (Å²) in [6.45, 7) is 2.79. The van der Waals surface area contributed by atoms with Crippen molar-refractivity contribution in [3.05, 3.63) is 23.9 Å². The van der Waals surface area contributed by atoms with Crippen molar-refractivity contribution in [1.29, 1.82) is 0 Å². The molecule has 2 heterocycles. The molecule has 6 heteroatoms. The number of pyridine rings is 1. The molecule has 1 saturated heterocycles. The van der Waals surface area contributed by atoms with E-state index in [9.17, 15) is 13.2 Å². The van der Waals surface area contributed by atoms with Gasteiger partial charge in [0, 0.05) is 18.8 Å². The third-order valence-corrected chi connectivity index (χ3v) is 4.21. The zero-order chi connectivity index (χ0) is 14.9. The Balaban J connectivity index is 1.77. The zero-order valence-corrected chi connectivity index (χ0v) is 11.9. The number of hydrogen-bond donors (Lipinski definition) is 1. The van der Waals surface area contributed by atoms with E-state index < -0.39 is 11.7 Å². The van der Waals surface area contributed by atoms with Gasteiger partial charge in [-0.2, -0.15) is 13.2 Å². The highest BCUT2D eigenvalue weighted by molar-refractivity contribution is 5.44. The fraction of sp³-hybridized carbons (Fsp3) is 0.667. The molecule has 3 rings (SSSR count). The first-order chi connectivity index (χ1) is 10.0. The molecular weight excluding hydrogens is 279 g/mol. The predicted molar refractivity (Wildman–Crippen MR) is 75.2 cm³/mol. The summed E-state index contributed by atoms with van der Waals surface area (Å²) in [7, 11) is 0. The largest absolute Gasteiger partial charge is 0.416 e. The van der Waals surface area contributed by atoms with Gasteiger partial charge in [-0.3, -0.25) is 0 Å². The number of piperidine rings is 1. The highest BCUT2D eigenvalue weighted by atomic mass is 19.4. The third-order valence-electron chi connectivity index (χ3n) is 4.21. The van der Waals surface area contributed by atoms with E-state index in [1.54, 1.807) is 0 Å². The number of halogens is 3. The van der Waals surface area contributed by atoms with Crippen LogP contribution in [0.25, 0.3) is 0 Å². The molecule has 21 heavy (non-hydrogen) atoms. The molecule has 0 spiro atoms. The average molecular weight is 299 g/mol. The number of nitrogens with one attached hydrogen (secondary N) is 1. The number of aromatic nitrogens is 1. The second kappa shape index (κ2) is 5.83. The molecule has 2 aliphatic rings. The molecule has 3 nitrogen and oxygen atoms in total. The van der Waals surface area contributed by atoms with Gasteiger partial charge in [0.1, 0.15) is 5.82 Å². The van der Waals surface area contributed by atoms with Crippen molar-refractivity contribution in [3.8, 4) is 0 Å². The van der Waals surface area contributed by atoms with Crippen LogP contribution in [-0.4, -0.2) is 30.7 Å². The van der Waals surface area contributed by atoms with E-state index in [2.05, 4.69) is 15.2 Å². The number of nitrogens with zero attached hydrogens (tertiary/aromatic N) is 2. The van der Waals surface area contributed by atoms with Crippen LogP contribution in [0.3, 0.4) is 0 Å². The van der Waals surface area contributed by atoms with Gasteiger partial charge in [0.25, 0.3) is 0 Å². The second-order valence-corrected chi connectivity index (χ2v) is 6.00. The first-order valence-corrected chi connectivity index (χ1v) is 7.54. The second-order valence-electron chi connectivity index (χ2n) is 6.00. The van der Waals surface area contributed by atoms with Crippen molar-refractivity contribution in [2.24, 2.45) is 5.92 Å². The van der Waals surface area contributed by atoms with Crippen LogP contribution < -0.4 is 10.2 Å². The van der Waals surface area contributed by atoms with Gasteiger partial charge in [-0.25, -0.2) is 4.98 Å². The SMILES string of the molecule is FC(F)(F)c1ccnc(N(CC2CCCNC2)C2CC2)c1. The molecule has 0 radical (unpaired) electrons. The smallest absolute Gasteiger partial charge is 0.353 e. The van der Waals surface area contributed by atoms with Crippen molar-refractivity contribution in [2.75, 3.05) is 24.5 Å². The van der Waals surface area contributed by atoms with E-state index in [-0.39, 0.29) is 0 Å². The monoisotopic (exact) mass is 299 g/mol. The molecule has 2 fully saturated rings. The minimum atomic E-state index is -4.31. The molecular formula is C15H20F3N3. The van der Waals surface area contributed by atoms with Gasteiger partial charge < -0.3 is 10.2 Å². The minimum absolute atomic E-state index is 0.364. The number of rotatable bonds is 4. The van der Waals surface area contributed by atoms with Crippen LogP contribution in [0.2, 0.25) is 0 Å². The van der Waals surface area contributed by atoms with E-state index >= 15 is 0 Å². The number of hydrogen-bond acceptors (Lipinski definition) is 3. The molecule has 1 aromatic heterocycles. The summed E-state index contributed by atoms with van der Waals surface area (Å²) in [5, 5.41) is 3.36. The summed E-state index contributed by atoms with van der Waals surface area (Å²) in [5.74, 6) is 0.966. The van der Waals surface area contributed by atoms with Crippen LogP contribution in [-0.2, 0) is 6.18 Å². The van der Waals surface area contributed by atoms with E-state index in [1.165, 1.54) is 12.3 Å². The maximum atomic E-state index is 12.9. The van der Waals surface area contributed by atoms with Gasteiger partial charge >= 0.3 is 6.18 Å². The van der Waals surface area contributed by atoms with Gasteiger partial charge in [-0.15, -0.1) is 0 Å². The fourth-order valence-electron chi connectivity index (χ4n) is 2.93. The standard InChI is InChI=1S/C15H20F3N3/c16-15(17,18)12-5-7-20-14(8-12)21(13-3-4-13)10-11-2-1-6-19-9-11/h5,7-8,11,13,19H,1-4,6,9-10H2. The van der Waals surface area contributed by atoms with Crippen LogP contribution in [0.4, 0.5) is 19.0 Å². The fourth-order valence-corrected chi connectivity index (χ4v) is 2.93. The van der Waals surface area contributed by atoms with Gasteiger partial charge in [0.15, 0.2) is 0 Å². The highest BCUT2D eigenvalue weighted by Crippen LogP contribution is 2.35. The summed E-state index contributed by atoms with van der Waals surface area (Å²) < 4.78 is 38.6. The molecule has 0 bridgehead atoms. The van der Waals surface area contributed by atoms with Crippen molar-refractivity contribution in [2.45, 2.75) is 37.9 Å². The van der Waals surface area contributed by atoms with Crippen molar-refractivity contribution in [1.82, 2.24) is 10.3 Å². The Morgan fingerprint density at radius 2 is 2.10 bits per heavy atom. The maximum Gasteiger partial charge on any atom is 0.416 e. The summed E-state index contributed by atoms with van der Waals surface area (Å²) >= 11 is 0. The molecule has 0 aromatic carbocycles. The molecule has 1 unspecified atom stereocenters. The predicted octanol–water partition coefficient (Wildman–Crippen LogP) is 3.07. The quantitative estimate of drug-likeness (QED) is 0.926. The van der Waals surface area contributed by atoms with Gasteiger partial charge in [-0.1, -0.05) is 0 Å². The molecule has 1 atom stereocenters. The van der Waals surface area contributed by atoms with Gasteiger partial charge in [0.05, 0.1) is 5.56 Å². The molecule has 0 amide bonds. The normalized spacial score (nSPS) is 23.1. The number of anilines is 1. The third kappa shape index (κ3) is 3.67. The Kier molecular flexibility index (Phi) is 4.06. The van der Waals surface area contributed by atoms with Crippen LogP contribution in [0.5, 0.6) is 0 Å². The summed E-state index contributed by atoms with van der Waals surface area (Å²) in [4.78, 5) is 6.26. The Bertz CT molecular complexity index is 479. The average Bonchev–Trinajstić information content (AvgIpc) is 3.30. The molecule has 1 aliphatic carbocycles. The Hall–Kier alpha value is -1.30. The lowest BCUT2D eigenvalue weighted by Gasteiger charge is -2.31. The van der Waals surface area contributed by atoms with E-state index in [4.69, 9.17) is 0 Å². The zero-order valence-electron chi connectivity index (χ0n) is 11.9. The molecule has 1 aliphatic heterocycles. The highest BCUT2D eigenvalue weighted by Gasteiger charge is 2.35. The molecule has 116 valence electrons. The Morgan fingerprint density at radius 1 is 1.29 bits per heavy atom. The maximum absolute atomic E-state index is 12.9. The van der Waals surface area contributed by atoms with E-state index in [0.717, 1.165) is 51.4 Å². The van der Waals surface area contributed by atoms with Crippen LogP contribution >= 0.6 is 0 Å². The van der Waals surface area contributed by atoms with E-state index in [0.29, 0.717) is 17.8 Å². The lowest BCUT2D eigenvalue weighted by Crippen LogP contribution is -2.39. The first-order valence-electron chi connectivity index (χ1n) is 7.54. The molecule has 1 aromatic rings. The molecule has 1 saturated carbocycles. The Labute approximate surface area is 122 Å². The Morgan fingerprint density at radius 3 is 2.71 bits per heavy atom. The summed E-state index contributed by atoms with van der Waals surface area (Å²) in [6.07, 6.45) is 1.34. The van der Waals surface area contributed by atoms with E-state index in [1.807, 2.05) is 0 Å². The van der Waals surface area contributed by atoms with Gasteiger partial charge in [0.2, 0.25) is 0 Å². The summed E-state index contributed by atoms with van der Waals surface area (Å²) in [6, 6.07) is 2.59. The summed E-state index contributed by atoms with van der Waals surface area (Å²) in [5.41, 5.74) is -0.611. The minimum Gasteiger partial charge on any atom is -0.353 e. The lowest BCUT2D eigenvalue weighted by molar-refractivity contribution is -0.137. The van der Waals surface area contributed by atoms with Crippen LogP contribution in [0, 0.1) is 5.92 Å². The van der Waals surface area contributed by atoms with Gasteiger partial charge in [-0.05, 0) is 56.8 Å². The van der Waals surface area contributed by atoms with Crippen molar-refractivity contribution in [3.63, 3.8) is 0 Å². The first kappa shape index (κ1) is 14.6. The number of alkyl halides is 3. The lowest BCUT2D eigenvalue weighted by atomic mass is 9.99. The van der Waals surface area contributed by atoms with Crippen molar-refractivity contribution >= 4 is 5.82 Å². The molecule has 1 N–H and O–H groups in total. The topological polar surface area (TPSA) is 28.2 Å². The van der Waals surface area contributed by atoms with Crippen molar-refractivity contribution < 1.29 is 13.2 Å². The van der Waals surface area contributed by atoms with Crippen LogP contribution in [0.15, 0.2) is 18.3 Å². The van der Waals surface area contributed by atoms with Crippen LogP contribution in [0.1, 0.15) is 31.2 Å².